The number of fused-ring (bicyclic) bond motifs is 1. The molecule has 1 aromatic carbocycles. The highest BCUT2D eigenvalue weighted by molar-refractivity contribution is 9.10. The van der Waals surface area contributed by atoms with E-state index in [1.165, 1.54) is 6.42 Å². The summed E-state index contributed by atoms with van der Waals surface area (Å²) >= 11 is 3.35. The molecule has 0 radical (unpaired) electrons. The summed E-state index contributed by atoms with van der Waals surface area (Å²) in [5, 5.41) is 2.94. The third-order valence-corrected chi connectivity index (χ3v) is 4.38. The van der Waals surface area contributed by atoms with Crippen LogP contribution in [0.15, 0.2) is 22.7 Å². The standard InChI is InChI=1S/C13H15BrN2O/c14-10-1-2-12(11(15)6-10)16-13(17)9-4-7-3-8(7)5-9/h1-2,6-9H,3-5,15H2,(H,16,17). The zero-order valence-electron chi connectivity index (χ0n) is 9.45. The van der Waals surface area contributed by atoms with Gasteiger partial charge >= 0.3 is 0 Å². The molecule has 90 valence electrons. The van der Waals surface area contributed by atoms with Crippen LogP contribution < -0.4 is 11.1 Å². The maximum Gasteiger partial charge on any atom is 0.227 e. The predicted octanol–water partition coefficient (Wildman–Crippen LogP) is 3.02. The Balaban J connectivity index is 1.67. The molecule has 2 fully saturated rings. The zero-order valence-corrected chi connectivity index (χ0v) is 11.0. The van der Waals surface area contributed by atoms with E-state index in [0.29, 0.717) is 5.69 Å². The van der Waals surface area contributed by atoms with E-state index in [1.54, 1.807) is 0 Å². The summed E-state index contributed by atoms with van der Waals surface area (Å²) in [6.45, 7) is 0. The van der Waals surface area contributed by atoms with E-state index in [-0.39, 0.29) is 11.8 Å². The van der Waals surface area contributed by atoms with Crippen LogP contribution in [0.3, 0.4) is 0 Å². The van der Waals surface area contributed by atoms with Crippen molar-refractivity contribution >= 4 is 33.2 Å². The average Bonchev–Trinajstić information content (AvgIpc) is 2.89. The first kappa shape index (κ1) is 11.1. The Morgan fingerprint density at radius 1 is 1.29 bits per heavy atom. The number of carbonyl (C=O) groups is 1. The molecule has 1 amide bonds. The Bertz CT molecular complexity index is 464. The molecule has 2 unspecified atom stereocenters. The molecule has 2 saturated carbocycles. The Hall–Kier alpha value is -1.03. The van der Waals surface area contributed by atoms with E-state index in [1.807, 2.05) is 18.2 Å². The third kappa shape index (κ3) is 2.18. The van der Waals surface area contributed by atoms with Crippen LogP contribution in [-0.4, -0.2) is 5.91 Å². The number of anilines is 2. The fourth-order valence-corrected chi connectivity index (χ4v) is 3.19. The summed E-state index contributed by atoms with van der Waals surface area (Å²) in [6, 6.07) is 5.53. The molecule has 0 aromatic heterocycles. The second-order valence-corrected chi connectivity index (χ2v) is 6.06. The van der Waals surface area contributed by atoms with Crippen LogP contribution in [0.25, 0.3) is 0 Å². The highest BCUT2D eigenvalue weighted by Crippen LogP contribution is 2.54. The monoisotopic (exact) mass is 294 g/mol. The van der Waals surface area contributed by atoms with Crippen molar-refractivity contribution in [3.8, 4) is 0 Å². The van der Waals surface area contributed by atoms with Gasteiger partial charge in [0, 0.05) is 10.4 Å². The van der Waals surface area contributed by atoms with E-state index < -0.39 is 0 Å². The van der Waals surface area contributed by atoms with Crippen LogP contribution in [-0.2, 0) is 4.79 Å². The summed E-state index contributed by atoms with van der Waals surface area (Å²) in [5.74, 6) is 1.98. The minimum atomic E-state index is 0.131. The number of hydrogen-bond acceptors (Lipinski definition) is 2. The van der Waals surface area contributed by atoms with Crippen molar-refractivity contribution in [3.05, 3.63) is 22.7 Å². The van der Waals surface area contributed by atoms with Gasteiger partial charge < -0.3 is 11.1 Å². The fraction of sp³-hybridized carbons (Fsp3) is 0.462. The molecule has 0 saturated heterocycles. The first-order valence-corrected chi connectivity index (χ1v) is 6.78. The number of rotatable bonds is 2. The molecule has 2 atom stereocenters. The van der Waals surface area contributed by atoms with Gasteiger partial charge in [0.15, 0.2) is 0 Å². The molecule has 0 heterocycles. The maximum absolute atomic E-state index is 12.0. The molecule has 4 heteroatoms. The fourth-order valence-electron chi connectivity index (χ4n) is 2.81. The molecular weight excluding hydrogens is 280 g/mol. The number of halogens is 1. The molecular formula is C13H15BrN2O. The van der Waals surface area contributed by atoms with Crippen molar-refractivity contribution < 1.29 is 4.79 Å². The van der Waals surface area contributed by atoms with Gasteiger partial charge in [-0.15, -0.1) is 0 Å². The van der Waals surface area contributed by atoms with E-state index in [4.69, 9.17) is 5.73 Å². The lowest BCUT2D eigenvalue weighted by molar-refractivity contribution is -0.119. The molecule has 3 rings (SSSR count). The third-order valence-electron chi connectivity index (χ3n) is 3.89. The van der Waals surface area contributed by atoms with Crippen LogP contribution in [0.5, 0.6) is 0 Å². The largest absolute Gasteiger partial charge is 0.397 e. The van der Waals surface area contributed by atoms with Gasteiger partial charge in [0.2, 0.25) is 5.91 Å². The molecule has 2 aliphatic carbocycles. The van der Waals surface area contributed by atoms with Crippen LogP contribution in [0.4, 0.5) is 11.4 Å². The number of benzene rings is 1. The number of nitrogen functional groups attached to an aromatic ring is 1. The molecule has 3 N–H and O–H groups in total. The average molecular weight is 295 g/mol. The summed E-state index contributed by atoms with van der Waals surface area (Å²) in [5.41, 5.74) is 7.19. The SMILES string of the molecule is Nc1cc(Br)ccc1NC(=O)C1CC2CC2C1. The Kier molecular flexibility index (Phi) is 2.62. The number of nitrogens with two attached hydrogens (primary N) is 1. The van der Waals surface area contributed by atoms with E-state index in [2.05, 4.69) is 21.2 Å². The van der Waals surface area contributed by atoms with Crippen LogP contribution in [0.1, 0.15) is 19.3 Å². The van der Waals surface area contributed by atoms with E-state index in [9.17, 15) is 4.79 Å². The van der Waals surface area contributed by atoms with Gasteiger partial charge in [-0.05, 0) is 49.3 Å². The normalized spacial score (nSPS) is 29.8. The summed E-state index contributed by atoms with van der Waals surface area (Å²) in [7, 11) is 0. The van der Waals surface area contributed by atoms with E-state index in [0.717, 1.165) is 34.8 Å². The number of nitrogens with one attached hydrogen (secondary N) is 1. The van der Waals surface area contributed by atoms with E-state index >= 15 is 0 Å². The molecule has 2 aliphatic rings. The lowest BCUT2D eigenvalue weighted by Gasteiger charge is -2.13. The number of hydrogen-bond donors (Lipinski definition) is 2. The first-order chi connectivity index (χ1) is 8.13. The van der Waals surface area contributed by atoms with Gasteiger partial charge in [-0.2, -0.15) is 0 Å². The molecule has 0 aliphatic heterocycles. The van der Waals surface area contributed by atoms with Crippen LogP contribution in [0.2, 0.25) is 0 Å². The van der Waals surface area contributed by atoms with Crippen molar-refractivity contribution in [1.29, 1.82) is 0 Å². The van der Waals surface area contributed by atoms with Gasteiger partial charge in [0.1, 0.15) is 0 Å². The summed E-state index contributed by atoms with van der Waals surface area (Å²) < 4.78 is 0.926. The Morgan fingerprint density at radius 2 is 2.00 bits per heavy atom. The number of carbonyl (C=O) groups excluding carboxylic acids is 1. The molecule has 0 bridgehead atoms. The molecule has 1 aromatic rings. The maximum atomic E-state index is 12.0. The van der Waals surface area contributed by atoms with Gasteiger partial charge in [-0.3, -0.25) is 4.79 Å². The zero-order chi connectivity index (χ0) is 12.0. The highest BCUT2D eigenvalue weighted by atomic mass is 79.9. The second kappa shape index (κ2) is 4.02. The van der Waals surface area contributed by atoms with Crippen molar-refractivity contribution in [2.75, 3.05) is 11.1 Å². The lowest BCUT2D eigenvalue weighted by atomic mass is 10.0. The molecule has 0 spiro atoms. The smallest absolute Gasteiger partial charge is 0.227 e. The van der Waals surface area contributed by atoms with Crippen molar-refractivity contribution in [3.63, 3.8) is 0 Å². The van der Waals surface area contributed by atoms with Crippen molar-refractivity contribution in [2.24, 2.45) is 17.8 Å². The van der Waals surface area contributed by atoms with Crippen LogP contribution >= 0.6 is 15.9 Å². The predicted molar refractivity (Wildman–Crippen MR) is 71.5 cm³/mol. The highest BCUT2D eigenvalue weighted by Gasteiger charge is 2.47. The lowest BCUT2D eigenvalue weighted by Crippen LogP contribution is -2.22. The van der Waals surface area contributed by atoms with Gasteiger partial charge in [-0.25, -0.2) is 0 Å². The minimum Gasteiger partial charge on any atom is -0.397 e. The van der Waals surface area contributed by atoms with Gasteiger partial charge in [0.05, 0.1) is 11.4 Å². The summed E-state index contributed by atoms with van der Waals surface area (Å²) in [6.07, 6.45) is 3.46. The summed E-state index contributed by atoms with van der Waals surface area (Å²) in [4.78, 5) is 12.0. The minimum absolute atomic E-state index is 0.131. The number of amides is 1. The van der Waals surface area contributed by atoms with Gasteiger partial charge in [0.25, 0.3) is 0 Å². The Morgan fingerprint density at radius 3 is 2.65 bits per heavy atom. The van der Waals surface area contributed by atoms with Crippen LogP contribution in [0, 0.1) is 17.8 Å². The van der Waals surface area contributed by atoms with Crippen molar-refractivity contribution in [1.82, 2.24) is 0 Å². The molecule has 17 heavy (non-hydrogen) atoms. The topological polar surface area (TPSA) is 55.1 Å². The second-order valence-electron chi connectivity index (χ2n) is 5.15. The molecule has 3 nitrogen and oxygen atoms in total. The first-order valence-electron chi connectivity index (χ1n) is 5.99. The Labute approximate surface area is 109 Å². The quantitative estimate of drug-likeness (QED) is 0.824. The van der Waals surface area contributed by atoms with Gasteiger partial charge in [-0.1, -0.05) is 15.9 Å². The van der Waals surface area contributed by atoms with Crippen molar-refractivity contribution in [2.45, 2.75) is 19.3 Å².